The second-order valence-electron chi connectivity index (χ2n) is 3.66. The summed E-state index contributed by atoms with van der Waals surface area (Å²) in [6.45, 7) is 0. The second-order valence-corrected chi connectivity index (χ2v) is 3.66. The lowest BCUT2D eigenvalue weighted by Crippen LogP contribution is -1.88. The second kappa shape index (κ2) is 5.12. The molecular formula is C13H10N2O2. The summed E-state index contributed by atoms with van der Waals surface area (Å²) in [6, 6.07) is 14.3. The van der Waals surface area contributed by atoms with Crippen molar-refractivity contribution >= 4 is 11.4 Å². The van der Waals surface area contributed by atoms with Crippen LogP contribution in [0, 0.1) is 9.81 Å². The highest BCUT2D eigenvalue weighted by molar-refractivity contribution is 5.55. The molecule has 17 heavy (non-hydrogen) atoms. The van der Waals surface area contributed by atoms with E-state index in [-0.39, 0.29) is 0 Å². The Hall–Kier alpha value is -2.36. The number of hydrogen-bond donors (Lipinski definition) is 0. The molecule has 0 heterocycles. The Morgan fingerprint density at radius 1 is 0.882 bits per heavy atom. The molecule has 84 valence electrons. The Kier molecular flexibility index (Phi) is 3.35. The maximum Gasteiger partial charge on any atom is 0.111 e. The van der Waals surface area contributed by atoms with Crippen molar-refractivity contribution in [3.8, 4) is 0 Å². The van der Waals surface area contributed by atoms with Gasteiger partial charge < -0.3 is 0 Å². The molecule has 0 aliphatic rings. The molecule has 0 saturated carbocycles. The summed E-state index contributed by atoms with van der Waals surface area (Å²) in [5.74, 6) is 0. The van der Waals surface area contributed by atoms with Gasteiger partial charge in [-0.25, -0.2) is 0 Å². The van der Waals surface area contributed by atoms with Gasteiger partial charge in [-0.15, -0.1) is 9.81 Å². The molecule has 0 radical (unpaired) electrons. The van der Waals surface area contributed by atoms with Crippen LogP contribution in [0.5, 0.6) is 0 Å². The lowest BCUT2D eigenvalue weighted by Gasteiger charge is -2.04. The minimum atomic E-state index is 0.309. The zero-order valence-corrected chi connectivity index (χ0v) is 9.04. The molecule has 2 aromatic carbocycles. The van der Waals surface area contributed by atoms with E-state index in [4.69, 9.17) is 0 Å². The third-order valence-corrected chi connectivity index (χ3v) is 2.50. The molecule has 0 amide bonds. The summed E-state index contributed by atoms with van der Waals surface area (Å²) in [4.78, 5) is 21.1. The molecule has 0 atom stereocenters. The number of nitrogens with zero attached hydrogens (tertiary/aromatic N) is 2. The van der Waals surface area contributed by atoms with Crippen LogP contribution in [0.3, 0.4) is 0 Å². The Bertz CT molecular complexity index is 538. The maximum absolute atomic E-state index is 10.7. The van der Waals surface area contributed by atoms with Gasteiger partial charge in [0.2, 0.25) is 0 Å². The third kappa shape index (κ3) is 2.60. The number of rotatable bonds is 4. The van der Waals surface area contributed by atoms with Crippen molar-refractivity contribution < 1.29 is 0 Å². The molecule has 4 heteroatoms. The maximum atomic E-state index is 10.7. The predicted octanol–water partition coefficient (Wildman–Crippen LogP) is 4.07. The van der Waals surface area contributed by atoms with Gasteiger partial charge in [0, 0.05) is 0 Å². The molecule has 2 rings (SSSR count). The fourth-order valence-corrected chi connectivity index (χ4v) is 1.68. The molecule has 0 aromatic heterocycles. The van der Waals surface area contributed by atoms with E-state index < -0.39 is 0 Å². The summed E-state index contributed by atoms with van der Waals surface area (Å²) in [5, 5.41) is 5.80. The van der Waals surface area contributed by atoms with Crippen LogP contribution >= 0.6 is 0 Å². The van der Waals surface area contributed by atoms with Crippen molar-refractivity contribution in [3.05, 3.63) is 69.5 Å². The normalized spacial score (nSPS) is 9.88. The lowest BCUT2D eigenvalue weighted by atomic mass is 10.0. The number of benzene rings is 2. The quantitative estimate of drug-likeness (QED) is 0.737. The largest absolute Gasteiger partial charge is 0.145 e. The molecule has 0 saturated heterocycles. The first-order valence-corrected chi connectivity index (χ1v) is 5.17. The van der Waals surface area contributed by atoms with Crippen molar-refractivity contribution in [1.29, 1.82) is 0 Å². The monoisotopic (exact) mass is 226 g/mol. The summed E-state index contributed by atoms with van der Waals surface area (Å²) in [6.07, 6.45) is 0.561. The van der Waals surface area contributed by atoms with Crippen LogP contribution in [0.25, 0.3) is 0 Å². The lowest BCUT2D eigenvalue weighted by molar-refractivity contribution is 1.18. The van der Waals surface area contributed by atoms with Crippen molar-refractivity contribution in [1.82, 2.24) is 0 Å². The van der Waals surface area contributed by atoms with Gasteiger partial charge in [-0.1, -0.05) is 30.3 Å². The topological polar surface area (TPSA) is 58.9 Å². The van der Waals surface area contributed by atoms with E-state index in [1.54, 1.807) is 6.07 Å². The molecule has 0 unspecified atom stereocenters. The van der Waals surface area contributed by atoms with E-state index in [0.29, 0.717) is 23.4 Å². The zero-order valence-electron chi connectivity index (χ0n) is 9.04. The Labute approximate surface area is 98.2 Å². The van der Waals surface area contributed by atoms with E-state index in [0.717, 1.165) is 5.56 Å². The van der Waals surface area contributed by atoms with Crippen molar-refractivity contribution in [2.45, 2.75) is 6.42 Å². The smallest absolute Gasteiger partial charge is 0.111 e. The molecule has 0 spiro atoms. The molecule has 2 aromatic rings. The average molecular weight is 226 g/mol. The van der Waals surface area contributed by atoms with Gasteiger partial charge in [0.1, 0.15) is 11.4 Å². The van der Waals surface area contributed by atoms with Crippen molar-refractivity contribution in [3.63, 3.8) is 0 Å². The summed E-state index contributed by atoms with van der Waals surface area (Å²) < 4.78 is 0. The summed E-state index contributed by atoms with van der Waals surface area (Å²) >= 11 is 0. The highest BCUT2D eigenvalue weighted by Gasteiger charge is 2.06. The molecule has 4 nitrogen and oxygen atoms in total. The highest BCUT2D eigenvalue weighted by atomic mass is 16.3. The van der Waals surface area contributed by atoms with Gasteiger partial charge in [-0.05, 0) is 46.1 Å². The van der Waals surface area contributed by atoms with Crippen LogP contribution in [0.4, 0.5) is 11.4 Å². The van der Waals surface area contributed by atoms with Gasteiger partial charge in [0.25, 0.3) is 0 Å². The van der Waals surface area contributed by atoms with Crippen LogP contribution in [-0.2, 0) is 6.42 Å². The van der Waals surface area contributed by atoms with Crippen LogP contribution in [0.15, 0.2) is 58.9 Å². The van der Waals surface area contributed by atoms with Gasteiger partial charge >= 0.3 is 0 Å². The Morgan fingerprint density at radius 3 is 2.29 bits per heavy atom. The summed E-state index contributed by atoms with van der Waals surface area (Å²) in [5.41, 5.74) is 2.42. The third-order valence-electron chi connectivity index (χ3n) is 2.50. The first-order valence-electron chi connectivity index (χ1n) is 5.17. The van der Waals surface area contributed by atoms with Gasteiger partial charge in [0.15, 0.2) is 0 Å². The average Bonchev–Trinajstić information content (AvgIpc) is 2.40. The van der Waals surface area contributed by atoms with Gasteiger partial charge in [-0.2, -0.15) is 0 Å². The van der Waals surface area contributed by atoms with E-state index in [1.807, 2.05) is 30.3 Å². The van der Waals surface area contributed by atoms with E-state index >= 15 is 0 Å². The first-order chi connectivity index (χ1) is 8.33. The van der Waals surface area contributed by atoms with Crippen molar-refractivity contribution in [2.24, 2.45) is 10.4 Å². The van der Waals surface area contributed by atoms with Crippen molar-refractivity contribution in [2.75, 3.05) is 0 Å². The van der Waals surface area contributed by atoms with E-state index in [9.17, 15) is 9.81 Å². The van der Waals surface area contributed by atoms with Crippen LogP contribution in [0.2, 0.25) is 0 Å². The van der Waals surface area contributed by atoms with Crippen LogP contribution in [0.1, 0.15) is 11.1 Å². The highest BCUT2D eigenvalue weighted by Crippen LogP contribution is 2.26. The fourth-order valence-electron chi connectivity index (χ4n) is 1.68. The van der Waals surface area contributed by atoms with Crippen LogP contribution in [-0.4, -0.2) is 0 Å². The predicted molar refractivity (Wildman–Crippen MR) is 66.6 cm³/mol. The Balaban J connectivity index is 2.36. The Morgan fingerprint density at radius 2 is 1.65 bits per heavy atom. The molecule has 0 aliphatic heterocycles. The minimum Gasteiger partial charge on any atom is -0.145 e. The molecule has 0 fully saturated rings. The molecular weight excluding hydrogens is 216 g/mol. The number of nitroso groups, excluding NO2 is 2. The molecule has 0 N–H and O–H groups in total. The van der Waals surface area contributed by atoms with Gasteiger partial charge in [-0.3, -0.25) is 0 Å². The number of hydrogen-bond acceptors (Lipinski definition) is 4. The molecule has 0 bridgehead atoms. The van der Waals surface area contributed by atoms with E-state index in [1.165, 1.54) is 12.1 Å². The van der Waals surface area contributed by atoms with E-state index in [2.05, 4.69) is 10.4 Å². The minimum absolute atomic E-state index is 0.309. The SMILES string of the molecule is O=Nc1ccc(N=O)c(Cc2ccccc2)c1. The van der Waals surface area contributed by atoms with Gasteiger partial charge in [0.05, 0.1) is 0 Å². The van der Waals surface area contributed by atoms with Crippen LogP contribution < -0.4 is 0 Å². The molecule has 0 aliphatic carbocycles. The fraction of sp³-hybridized carbons (Fsp3) is 0.0769. The first kappa shape index (κ1) is 11.1. The zero-order chi connectivity index (χ0) is 12.1. The standard InChI is InChI=1S/C13H10N2O2/c16-14-12-6-7-13(15-17)11(9-12)8-10-4-2-1-3-5-10/h1-7,9H,8H2. The summed E-state index contributed by atoms with van der Waals surface area (Å²) in [7, 11) is 0.